The van der Waals surface area contributed by atoms with Crippen molar-refractivity contribution in [3.63, 3.8) is 0 Å². The quantitative estimate of drug-likeness (QED) is 0.128. The van der Waals surface area contributed by atoms with Gasteiger partial charge in [-0.25, -0.2) is 0 Å². The summed E-state index contributed by atoms with van der Waals surface area (Å²) in [5.74, 6) is 6.16. The van der Waals surface area contributed by atoms with Gasteiger partial charge in [-0.2, -0.15) is 0 Å². The first-order chi connectivity index (χ1) is 22.2. The molecule has 0 fully saturated rings. The van der Waals surface area contributed by atoms with Gasteiger partial charge < -0.3 is 12.3 Å². The van der Waals surface area contributed by atoms with Crippen LogP contribution in [0.5, 0.6) is 0 Å². The van der Waals surface area contributed by atoms with Crippen molar-refractivity contribution in [3.8, 4) is 22.9 Å². The van der Waals surface area contributed by atoms with Crippen LogP contribution in [0.3, 0.4) is 0 Å². The lowest BCUT2D eigenvalue weighted by Crippen LogP contribution is -2.83. The highest BCUT2D eigenvalue weighted by atomic mass is 28.5. The molecule has 0 spiro atoms. The van der Waals surface area contributed by atoms with Gasteiger partial charge in [0.1, 0.15) is 0 Å². The van der Waals surface area contributed by atoms with E-state index in [-0.39, 0.29) is 0 Å². The van der Waals surface area contributed by atoms with Crippen LogP contribution >= 0.6 is 0 Å². The molecule has 0 bridgehead atoms. The van der Waals surface area contributed by atoms with E-state index in [1.165, 1.54) is 7.06 Å². The molecule has 0 saturated heterocycles. The molecule has 231 valence electrons. The fraction of sp³-hybridized carbons (Fsp3) is 0.810. The van der Waals surface area contributed by atoms with E-state index in [4.69, 9.17) is 89.7 Å². The van der Waals surface area contributed by atoms with E-state index >= 15 is 0 Å². The van der Waals surface area contributed by atoms with Gasteiger partial charge in [-0.1, -0.05) is 15.5 Å². The third kappa shape index (κ3) is 11.8. The average Bonchev–Trinajstić information content (AvgIpc) is 2.89. The first kappa shape index (κ1) is 51.6. The first-order valence-corrected chi connectivity index (χ1v) is 35.3. The Hall–Kier alpha value is 1.60. The van der Waals surface area contributed by atoms with E-state index in [2.05, 4.69) is 81.9 Å². The summed E-state index contributed by atoms with van der Waals surface area (Å²) in [6, 6.07) is 0. The lowest BCUT2D eigenvalue weighted by molar-refractivity contribution is 0.513. The van der Waals surface area contributed by atoms with Crippen LogP contribution in [0.2, 0.25) is 108 Å². The summed E-state index contributed by atoms with van der Waals surface area (Å²) in [5.41, 5.74) is 6.68. The highest BCUT2D eigenvalue weighted by molar-refractivity contribution is 7.87. The second-order valence-electron chi connectivity index (χ2n) is 16.9. The van der Waals surface area contributed by atoms with Crippen molar-refractivity contribution < 1.29 is 12.3 Å². The van der Waals surface area contributed by atoms with Crippen LogP contribution in [-0.4, -0.2) is 194 Å². The molecule has 0 saturated carbocycles. The first-order valence-electron chi connectivity index (χ1n) is 17.3. The standard InChI is InChI=1S/C21H45B20O3Si6/c1-32-37(27)20(35(23)24,38(28)34-22)48(10,11)44-50(14,15)21(36(25)26,39(40(29)30)41(31)33-2)49(12,13)43-47(8,9)19-17-16-18-46(6,7)42-45(3,4)5/h1-15H3. The van der Waals surface area contributed by atoms with Gasteiger partial charge in [-0.05, 0) is 97.0 Å². The predicted molar refractivity (Wildman–Crippen MR) is 262 cm³/mol. The molecule has 0 aliphatic carbocycles. The molecule has 0 rings (SSSR count). The van der Waals surface area contributed by atoms with Gasteiger partial charge in [0.25, 0.3) is 16.6 Å². The number of hydrogen-bond donors (Lipinski definition) is 0. The third-order valence-corrected chi connectivity index (χ3v) is 36.0. The Balaban J connectivity index is 7.81. The molecule has 0 amide bonds. The minimum atomic E-state index is -3.34. The lowest BCUT2D eigenvalue weighted by atomic mass is 8.68. The molecule has 0 N–H and O–H groups in total. The Morgan fingerprint density at radius 2 is 0.960 bits per heavy atom. The molecular formula is C21H45B20O3Si6. The molecule has 3 nitrogen and oxygen atoms in total. The van der Waals surface area contributed by atoms with E-state index < -0.39 is 104 Å². The molecule has 23 radical (unpaired) electrons. The van der Waals surface area contributed by atoms with Gasteiger partial charge in [0.2, 0.25) is 0 Å². The molecule has 2 atom stereocenters. The minimum absolute atomic E-state index is 0.604. The van der Waals surface area contributed by atoms with Crippen molar-refractivity contribution in [2.75, 3.05) is 0 Å². The predicted octanol–water partition coefficient (Wildman–Crippen LogP) is -0.913. The Bertz CT molecular complexity index is 1220. The van der Waals surface area contributed by atoms with Gasteiger partial charge in [0.05, 0.1) is 14.3 Å². The number of rotatable bonds is 19. The summed E-state index contributed by atoms with van der Waals surface area (Å²) in [7, 11) is 55.6. The zero-order valence-electron chi connectivity index (χ0n) is 33.8. The summed E-state index contributed by atoms with van der Waals surface area (Å²) >= 11 is 0. The molecule has 0 aliphatic heterocycles. The molecule has 0 aromatic rings. The topological polar surface area (TPSA) is 27.7 Å². The maximum Gasteiger partial charge on any atom is 0.257 e. The smallest absolute Gasteiger partial charge is 0.257 e. The van der Waals surface area contributed by atoms with E-state index in [0.717, 1.165) is 0 Å². The normalized spacial score (nSPS) is 14.9. The summed E-state index contributed by atoms with van der Waals surface area (Å²) in [6.07, 6.45) is -1.54. The van der Waals surface area contributed by atoms with Crippen LogP contribution < -0.4 is 0 Å². The van der Waals surface area contributed by atoms with E-state index in [0.29, 0.717) is 0 Å². The fourth-order valence-electron chi connectivity index (χ4n) is 8.64. The maximum atomic E-state index is 7.55. The fourth-order valence-corrected chi connectivity index (χ4v) is 41.5. The lowest BCUT2D eigenvalue weighted by Gasteiger charge is -2.66. The molecule has 29 heteroatoms. The number of hydrogen-bond acceptors (Lipinski definition) is 3. The van der Waals surface area contributed by atoms with E-state index in [1.54, 1.807) is 0 Å². The van der Waals surface area contributed by atoms with Gasteiger partial charge >= 0.3 is 0 Å². The van der Waals surface area contributed by atoms with Crippen molar-refractivity contribution >= 4 is 194 Å². The zero-order chi connectivity index (χ0) is 40.1. The van der Waals surface area contributed by atoms with Crippen LogP contribution in [0.15, 0.2) is 0 Å². The van der Waals surface area contributed by atoms with Gasteiger partial charge in [0.15, 0.2) is 33.3 Å². The van der Waals surface area contributed by atoms with Crippen LogP contribution in [0, 0.1) is 22.9 Å². The van der Waals surface area contributed by atoms with Crippen LogP contribution in [0.25, 0.3) is 0 Å². The molecule has 50 heavy (non-hydrogen) atoms. The van der Waals surface area contributed by atoms with Crippen LogP contribution in [-0.2, 0) is 12.3 Å². The van der Waals surface area contributed by atoms with Crippen molar-refractivity contribution in [3.05, 3.63) is 0 Å². The molecule has 2 unspecified atom stereocenters. The molecule has 0 aromatic heterocycles. The average molecular weight is 730 g/mol. The maximum absolute atomic E-state index is 7.55. The van der Waals surface area contributed by atoms with E-state index in [1.807, 2.05) is 54.2 Å². The van der Waals surface area contributed by atoms with Crippen LogP contribution in [0.4, 0.5) is 0 Å². The highest BCUT2D eigenvalue weighted by Crippen LogP contribution is 2.55. The zero-order valence-corrected chi connectivity index (χ0v) is 39.8. The van der Waals surface area contributed by atoms with Crippen molar-refractivity contribution in [2.45, 2.75) is 108 Å². The summed E-state index contributed by atoms with van der Waals surface area (Å²) < 4.78 is 19.0. The minimum Gasteiger partial charge on any atom is -0.458 e. The third-order valence-electron chi connectivity index (χ3n) is 9.89. The van der Waals surface area contributed by atoms with Gasteiger partial charge in [-0.15, -0.1) is 18.4 Å². The largest absolute Gasteiger partial charge is 0.458 e. The summed E-state index contributed by atoms with van der Waals surface area (Å²) in [4.78, 5) is 0. The Morgan fingerprint density at radius 1 is 0.540 bits per heavy atom. The Morgan fingerprint density at radius 3 is 1.28 bits per heavy atom. The van der Waals surface area contributed by atoms with Crippen molar-refractivity contribution in [1.29, 1.82) is 0 Å². The van der Waals surface area contributed by atoms with Crippen molar-refractivity contribution in [2.24, 2.45) is 0 Å². The van der Waals surface area contributed by atoms with Crippen molar-refractivity contribution in [1.82, 2.24) is 0 Å². The summed E-state index contributed by atoms with van der Waals surface area (Å²) in [6.45, 7) is 26.6. The van der Waals surface area contributed by atoms with Gasteiger partial charge in [0, 0.05) is 130 Å². The monoisotopic (exact) mass is 733 g/mol. The second-order valence-corrected chi connectivity index (χ2v) is 42.2. The molecular weight excluding hydrogens is 685 g/mol. The summed E-state index contributed by atoms with van der Waals surface area (Å²) in [5, 5.41) is 0. The molecule has 0 aromatic carbocycles. The van der Waals surface area contributed by atoms with E-state index in [9.17, 15) is 0 Å². The SMILES string of the molecule is [B][B]B([B])C(B([B])[B])(B([B])[B]C)[Si](C)(C)O[Si](C)(C)C(B([B])[B])(B(B([B])[B])B([B])[B]C)[Si](C)(C)O[Si](C)(C)C#CC#C[Si](C)(C)O[Si](C)(C)C. The van der Waals surface area contributed by atoms with Crippen LogP contribution in [0.1, 0.15) is 0 Å². The Kier molecular flexibility index (Phi) is 19.8. The highest BCUT2D eigenvalue weighted by Gasteiger charge is 2.68. The molecule has 0 aliphatic rings. The molecule has 0 heterocycles. The Labute approximate surface area is 334 Å². The van der Waals surface area contributed by atoms with Gasteiger partial charge in [-0.3, -0.25) is 0 Å². The second kappa shape index (κ2) is 19.2.